The van der Waals surface area contributed by atoms with Crippen molar-refractivity contribution in [1.29, 1.82) is 0 Å². The summed E-state index contributed by atoms with van der Waals surface area (Å²) in [6, 6.07) is 14.8. The van der Waals surface area contributed by atoms with Crippen LogP contribution in [0.1, 0.15) is 18.1 Å². The van der Waals surface area contributed by atoms with Crippen LogP contribution in [0.15, 0.2) is 58.4 Å². The van der Waals surface area contributed by atoms with Crippen molar-refractivity contribution in [2.45, 2.75) is 24.8 Å². The molecule has 0 aliphatic rings. The van der Waals surface area contributed by atoms with Gasteiger partial charge in [-0.15, -0.1) is 0 Å². The van der Waals surface area contributed by atoms with E-state index in [1.54, 1.807) is 31.4 Å². The highest BCUT2D eigenvalue weighted by Gasteiger charge is 2.16. The third-order valence-electron chi connectivity index (χ3n) is 4.33. The van der Waals surface area contributed by atoms with E-state index in [0.29, 0.717) is 6.54 Å². The van der Waals surface area contributed by atoms with Gasteiger partial charge < -0.3 is 15.4 Å². The van der Waals surface area contributed by atoms with Gasteiger partial charge in [-0.25, -0.2) is 17.7 Å². The minimum absolute atomic E-state index is 0.278. The summed E-state index contributed by atoms with van der Waals surface area (Å²) < 4.78 is 30.7. The Bertz CT molecular complexity index is 893. The van der Waals surface area contributed by atoms with Crippen LogP contribution in [0.3, 0.4) is 0 Å². The molecule has 0 radical (unpaired) electrons. The molecule has 0 saturated heterocycles. The molecule has 0 amide bonds. The van der Waals surface area contributed by atoms with Gasteiger partial charge in [0.05, 0.1) is 18.6 Å². The van der Waals surface area contributed by atoms with E-state index >= 15 is 0 Å². The van der Waals surface area contributed by atoms with Crippen molar-refractivity contribution in [3.63, 3.8) is 0 Å². The molecule has 0 fully saturated rings. The molecular weight excluding hydrogens is 388 g/mol. The Balaban J connectivity index is 1.94. The summed E-state index contributed by atoms with van der Waals surface area (Å²) in [5, 5.41) is 6.55. The topological polar surface area (TPSA) is 83.0 Å². The summed E-state index contributed by atoms with van der Waals surface area (Å²) in [7, 11) is 1.29. The summed E-state index contributed by atoms with van der Waals surface area (Å²) in [6.07, 6.45) is 0.867. The molecule has 29 heavy (non-hydrogen) atoms. The van der Waals surface area contributed by atoms with Crippen LogP contribution in [0.2, 0.25) is 0 Å². The molecule has 0 atom stereocenters. The summed E-state index contributed by atoms with van der Waals surface area (Å²) >= 11 is 0. The fourth-order valence-electron chi connectivity index (χ4n) is 2.61. The largest absolute Gasteiger partial charge is 0.497 e. The van der Waals surface area contributed by atoms with Gasteiger partial charge in [-0.05, 0) is 48.7 Å². The molecule has 2 rings (SSSR count). The maximum Gasteiger partial charge on any atom is 0.242 e. The van der Waals surface area contributed by atoms with Gasteiger partial charge in [0.2, 0.25) is 10.0 Å². The molecule has 2 aromatic rings. The second-order valence-electron chi connectivity index (χ2n) is 6.65. The summed E-state index contributed by atoms with van der Waals surface area (Å²) in [4.78, 5) is 4.86. The molecular formula is C21H30N4O3S. The molecule has 2 aromatic carbocycles. The standard InChI is InChI=1S/C21H30N4O3S/c1-5-22-21(23-15-14-17-6-10-19(28-4)11-7-17)24-16-18-8-12-20(13-9-18)29(26,27)25(2)3/h6-13H,5,14-16H2,1-4H3,(H2,22,23,24). The smallest absolute Gasteiger partial charge is 0.242 e. The summed E-state index contributed by atoms with van der Waals surface area (Å²) in [5.41, 5.74) is 2.15. The Labute approximate surface area is 173 Å². The first-order valence-electron chi connectivity index (χ1n) is 9.53. The van der Waals surface area contributed by atoms with Crippen LogP contribution >= 0.6 is 0 Å². The van der Waals surface area contributed by atoms with Crippen molar-refractivity contribution in [2.24, 2.45) is 4.99 Å². The van der Waals surface area contributed by atoms with Crippen molar-refractivity contribution in [3.8, 4) is 5.75 Å². The van der Waals surface area contributed by atoms with Gasteiger partial charge in [-0.3, -0.25) is 0 Å². The van der Waals surface area contributed by atoms with E-state index in [4.69, 9.17) is 4.74 Å². The lowest BCUT2D eigenvalue weighted by molar-refractivity contribution is 0.414. The molecule has 158 valence electrons. The Morgan fingerprint density at radius 1 is 1.00 bits per heavy atom. The number of nitrogens with zero attached hydrogens (tertiary/aromatic N) is 2. The molecule has 0 aromatic heterocycles. The number of benzene rings is 2. The van der Waals surface area contributed by atoms with Crippen LogP contribution in [0.5, 0.6) is 5.75 Å². The number of aliphatic imine (C=N–C) groups is 1. The molecule has 0 unspecified atom stereocenters. The lowest BCUT2D eigenvalue weighted by atomic mass is 10.1. The molecule has 0 spiro atoms. The predicted octanol–water partition coefficient (Wildman–Crippen LogP) is 2.24. The molecule has 0 aliphatic heterocycles. The minimum atomic E-state index is -3.41. The number of rotatable bonds is 9. The fraction of sp³-hybridized carbons (Fsp3) is 0.381. The zero-order valence-electron chi connectivity index (χ0n) is 17.5. The van der Waals surface area contributed by atoms with Crippen LogP contribution in [-0.4, -0.2) is 53.0 Å². The average molecular weight is 419 g/mol. The normalized spacial score (nSPS) is 12.1. The number of nitrogens with one attached hydrogen (secondary N) is 2. The first-order chi connectivity index (χ1) is 13.9. The van der Waals surface area contributed by atoms with Crippen molar-refractivity contribution >= 4 is 16.0 Å². The van der Waals surface area contributed by atoms with Crippen LogP contribution in [-0.2, 0) is 23.0 Å². The lowest BCUT2D eigenvalue weighted by Crippen LogP contribution is -2.38. The Kier molecular flexibility index (Phi) is 8.48. The van der Waals surface area contributed by atoms with E-state index in [0.717, 1.165) is 36.8 Å². The van der Waals surface area contributed by atoms with Crippen molar-refractivity contribution in [2.75, 3.05) is 34.3 Å². The summed E-state index contributed by atoms with van der Waals surface area (Å²) in [5.74, 6) is 1.58. The second-order valence-corrected chi connectivity index (χ2v) is 8.80. The number of ether oxygens (including phenoxy) is 1. The fourth-order valence-corrected chi connectivity index (χ4v) is 3.51. The Morgan fingerprint density at radius 2 is 1.62 bits per heavy atom. The first-order valence-corrected chi connectivity index (χ1v) is 11.0. The van der Waals surface area contributed by atoms with Crippen LogP contribution in [0.25, 0.3) is 0 Å². The van der Waals surface area contributed by atoms with E-state index in [2.05, 4.69) is 15.6 Å². The number of guanidine groups is 1. The van der Waals surface area contributed by atoms with Crippen LogP contribution in [0, 0.1) is 0 Å². The molecule has 0 bridgehead atoms. The number of hydrogen-bond donors (Lipinski definition) is 2. The highest BCUT2D eigenvalue weighted by Crippen LogP contribution is 2.14. The van der Waals surface area contributed by atoms with Crippen LogP contribution < -0.4 is 15.4 Å². The molecule has 8 heteroatoms. The lowest BCUT2D eigenvalue weighted by Gasteiger charge is -2.12. The Morgan fingerprint density at radius 3 is 2.17 bits per heavy atom. The van der Waals surface area contributed by atoms with Crippen molar-refractivity contribution < 1.29 is 13.2 Å². The summed E-state index contributed by atoms with van der Waals surface area (Å²) in [6.45, 7) is 3.98. The highest BCUT2D eigenvalue weighted by molar-refractivity contribution is 7.89. The molecule has 0 heterocycles. The van der Waals surface area contributed by atoms with E-state index in [-0.39, 0.29) is 4.90 Å². The van der Waals surface area contributed by atoms with E-state index in [1.807, 2.05) is 31.2 Å². The van der Waals surface area contributed by atoms with Gasteiger partial charge in [-0.2, -0.15) is 0 Å². The monoisotopic (exact) mass is 418 g/mol. The second kappa shape index (κ2) is 10.8. The molecule has 0 aliphatic carbocycles. The molecule has 2 N–H and O–H groups in total. The zero-order chi connectivity index (χ0) is 21.3. The van der Waals surface area contributed by atoms with Crippen LogP contribution in [0.4, 0.5) is 0 Å². The Hall–Kier alpha value is -2.58. The highest BCUT2D eigenvalue weighted by atomic mass is 32.2. The third kappa shape index (κ3) is 6.76. The quantitative estimate of drug-likeness (QED) is 0.482. The molecule has 7 nitrogen and oxygen atoms in total. The van der Waals surface area contributed by atoms with Gasteiger partial charge in [0, 0.05) is 27.2 Å². The average Bonchev–Trinajstić information content (AvgIpc) is 2.72. The van der Waals surface area contributed by atoms with Gasteiger partial charge in [-0.1, -0.05) is 24.3 Å². The zero-order valence-corrected chi connectivity index (χ0v) is 18.3. The van der Waals surface area contributed by atoms with Crippen molar-refractivity contribution in [3.05, 3.63) is 59.7 Å². The number of methoxy groups -OCH3 is 1. The third-order valence-corrected chi connectivity index (χ3v) is 6.16. The van der Waals surface area contributed by atoms with E-state index < -0.39 is 10.0 Å². The number of sulfonamides is 1. The predicted molar refractivity (Wildman–Crippen MR) is 117 cm³/mol. The molecule has 0 saturated carbocycles. The van der Waals surface area contributed by atoms with E-state index in [9.17, 15) is 8.42 Å². The first kappa shape index (κ1) is 22.7. The van der Waals surface area contributed by atoms with Crippen molar-refractivity contribution in [1.82, 2.24) is 14.9 Å². The van der Waals surface area contributed by atoms with Gasteiger partial charge >= 0.3 is 0 Å². The van der Waals surface area contributed by atoms with Gasteiger partial charge in [0.1, 0.15) is 5.75 Å². The van der Waals surface area contributed by atoms with Gasteiger partial charge in [0.25, 0.3) is 0 Å². The number of hydrogen-bond acceptors (Lipinski definition) is 4. The van der Waals surface area contributed by atoms with Gasteiger partial charge in [0.15, 0.2) is 5.96 Å². The minimum Gasteiger partial charge on any atom is -0.497 e. The SMILES string of the molecule is CCNC(=NCc1ccc(S(=O)(=O)N(C)C)cc1)NCCc1ccc(OC)cc1. The maximum absolute atomic E-state index is 12.1. The maximum atomic E-state index is 12.1. The van der Waals surface area contributed by atoms with E-state index in [1.165, 1.54) is 24.0 Å².